The molecule has 170 valence electrons. The molecule has 0 radical (unpaired) electrons. The predicted octanol–water partition coefficient (Wildman–Crippen LogP) is 3.70. The third-order valence-corrected chi connectivity index (χ3v) is 6.27. The van der Waals surface area contributed by atoms with Crippen molar-refractivity contribution in [2.75, 3.05) is 19.6 Å². The average molecular weight is 446 g/mol. The minimum atomic E-state index is -4.38. The molecule has 0 saturated carbocycles. The van der Waals surface area contributed by atoms with Crippen LogP contribution in [0.15, 0.2) is 12.3 Å². The van der Waals surface area contributed by atoms with Gasteiger partial charge < -0.3 is 15.3 Å². The number of aliphatic hydroxyl groups is 1. The molecule has 1 aliphatic heterocycles. The largest absolute Gasteiger partial charge is 0.390 e. The number of fused-ring (bicyclic) bond motifs is 2. The summed E-state index contributed by atoms with van der Waals surface area (Å²) >= 11 is 0. The first-order chi connectivity index (χ1) is 14.6. The van der Waals surface area contributed by atoms with Gasteiger partial charge in [-0.05, 0) is 42.9 Å². The van der Waals surface area contributed by atoms with Gasteiger partial charge >= 0.3 is 12.2 Å². The summed E-state index contributed by atoms with van der Waals surface area (Å²) < 4.78 is 67.2. The number of likely N-dealkylation sites (tertiary alicyclic amines) is 1. The molecule has 0 spiro atoms. The second-order valence-electron chi connectivity index (χ2n) is 8.20. The predicted molar refractivity (Wildman–Crippen MR) is 102 cm³/mol. The number of carbonyl (C=O) groups excluding carboxylic acids is 1. The number of aromatic nitrogens is 2. The van der Waals surface area contributed by atoms with E-state index >= 15 is 8.78 Å². The summed E-state index contributed by atoms with van der Waals surface area (Å²) in [5.74, 6) is -4.59. The summed E-state index contributed by atoms with van der Waals surface area (Å²) in [5.41, 5.74) is 2.26. The van der Waals surface area contributed by atoms with Crippen LogP contribution < -0.4 is 5.32 Å². The van der Waals surface area contributed by atoms with Gasteiger partial charge in [-0.2, -0.15) is 18.3 Å². The fourth-order valence-corrected chi connectivity index (χ4v) is 4.43. The van der Waals surface area contributed by atoms with Crippen LogP contribution in [0.4, 0.5) is 26.7 Å². The van der Waals surface area contributed by atoms with Crippen molar-refractivity contribution >= 4 is 16.9 Å². The Kier molecular flexibility index (Phi) is 5.57. The second kappa shape index (κ2) is 7.92. The molecule has 2 aliphatic rings. The molecular formula is C20H23F5N4O2. The zero-order valence-corrected chi connectivity index (χ0v) is 16.6. The number of hydrogen-bond donors (Lipinski definition) is 3. The molecule has 2 amide bonds. The summed E-state index contributed by atoms with van der Waals surface area (Å²) in [6.45, 7) is -0.592. The highest BCUT2D eigenvalue weighted by Gasteiger charge is 2.50. The van der Waals surface area contributed by atoms with Crippen molar-refractivity contribution < 1.29 is 31.9 Å². The summed E-state index contributed by atoms with van der Waals surface area (Å²) in [7, 11) is 0. The molecular weight excluding hydrogens is 423 g/mol. The van der Waals surface area contributed by atoms with E-state index in [9.17, 15) is 23.1 Å². The molecule has 2 aromatic rings. The number of piperidine rings is 1. The van der Waals surface area contributed by atoms with Crippen LogP contribution in [0.1, 0.15) is 42.1 Å². The van der Waals surface area contributed by atoms with E-state index in [4.69, 9.17) is 0 Å². The number of urea groups is 1. The number of alkyl halides is 5. The quantitative estimate of drug-likeness (QED) is 0.613. The average Bonchev–Trinajstić information content (AvgIpc) is 3.16. The fraction of sp³-hybridized carbons (Fsp3) is 0.600. The summed E-state index contributed by atoms with van der Waals surface area (Å²) in [6, 6.07) is 1.19. The van der Waals surface area contributed by atoms with Crippen molar-refractivity contribution in [2.24, 2.45) is 5.92 Å². The topological polar surface area (TPSA) is 81.2 Å². The number of H-pyrrole nitrogens is 1. The highest BCUT2D eigenvalue weighted by Crippen LogP contribution is 2.46. The molecule has 6 nitrogen and oxygen atoms in total. The molecule has 0 unspecified atom stereocenters. The smallest absolute Gasteiger partial charge is 0.382 e. The molecule has 1 saturated heterocycles. The van der Waals surface area contributed by atoms with Gasteiger partial charge in [-0.25, -0.2) is 13.6 Å². The van der Waals surface area contributed by atoms with E-state index in [-0.39, 0.29) is 31.5 Å². The fourth-order valence-electron chi connectivity index (χ4n) is 4.43. The molecule has 3 N–H and O–H groups in total. The number of halogens is 5. The van der Waals surface area contributed by atoms with Crippen LogP contribution in [0.5, 0.6) is 0 Å². The molecule has 1 aromatic carbocycles. The minimum Gasteiger partial charge on any atom is -0.382 e. The standard InChI is InChI=1S/C20H23F5N4O2/c21-19(22,23)5-6-26-18(31)29-7-3-13(4-8-29)20(24,25)17(30)15-14-2-1-11(14)9-12-10-27-28-16(12)15/h9-10,13,17,30H,1-8H2,(H,26,31)(H,27,28)/t17-/m1/s1. The monoisotopic (exact) mass is 446 g/mol. The zero-order chi connectivity index (χ0) is 22.4. The van der Waals surface area contributed by atoms with E-state index in [1.807, 2.05) is 6.07 Å². The molecule has 31 heavy (non-hydrogen) atoms. The summed E-state index contributed by atoms with van der Waals surface area (Å²) in [4.78, 5) is 13.2. The van der Waals surface area contributed by atoms with E-state index in [0.29, 0.717) is 17.3 Å². The van der Waals surface area contributed by atoms with Gasteiger partial charge in [-0.15, -0.1) is 0 Å². The third kappa shape index (κ3) is 4.19. The van der Waals surface area contributed by atoms with Crippen molar-refractivity contribution in [1.29, 1.82) is 0 Å². The maximum Gasteiger partial charge on any atom is 0.390 e. The van der Waals surface area contributed by atoms with E-state index in [2.05, 4.69) is 15.5 Å². The Hall–Kier alpha value is -2.43. The number of aryl methyl sites for hydroxylation is 1. The number of nitrogens with zero attached hydrogens (tertiary/aromatic N) is 2. The Balaban J connectivity index is 1.41. The first-order valence-corrected chi connectivity index (χ1v) is 10.2. The second-order valence-corrected chi connectivity index (χ2v) is 8.20. The van der Waals surface area contributed by atoms with Gasteiger partial charge in [-0.3, -0.25) is 5.10 Å². The number of rotatable bonds is 5. The highest BCUT2D eigenvalue weighted by molar-refractivity contribution is 5.85. The summed E-state index contributed by atoms with van der Waals surface area (Å²) in [6.07, 6.45) is -4.73. The van der Waals surface area contributed by atoms with Crippen LogP contribution in [0.3, 0.4) is 0 Å². The molecule has 11 heteroatoms. The van der Waals surface area contributed by atoms with Crippen molar-refractivity contribution in [3.05, 3.63) is 29.0 Å². The maximum atomic E-state index is 15.3. The Morgan fingerprint density at radius 1 is 1.26 bits per heavy atom. The van der Waals surface area contributed by atoms with E-state index in [1.165, 1.54) is 11.1 Å². The lowest BCUT2D eigenvalue weighted by molar-refractivity contribution is -0.159. The van der Waals surface area contributed by atoms with Crippen LogP contribution in [0.25, 0.3) is 10.9 Å². The van der Waals surface area contributed by atoms with Gasteiger partial charge in [0, 0.05) is 36.5 Å². The third-order valence-electron chi connectivity index (χ3n) is 6.27. The highest BCUT2D eigenvalue weighted by atomic mass is 19.4. The molecule has 0 bridgehead atoms. The Labute approximate surface area is 174 Å². The van der Waals surface area contributed by atoms with E-state index in [0.717, 1.165) is 17.5 Å². The minimum absolute atomic E-state index is 0.0167. The van der Waals surface area contributed by atoms with Crippen molar-refractivity contribution in [2.45, 2.75) is 50.3 Å². The molecule has 4 rings (SSSR count). The first-order valence-electron chi connectivity index (χ1n) is 10.2. The van der Waals surface area contributed by atoms with Gasteiger partial charge in [-0.1, -0.05) is 0 Å². The number of carbonyl (C=O) groups is 1. The summed E-state index contributed by atoms with van der Waals surface area (Å²) in [5, 5.41) is 20.2. The molecule has 1 fully saturated rings. The Bertz CT molecular complexity index is 966. The number of nitrogens with one attached hydrogen (secondary N) is 2. The lowest BCUT2D eigenvalue weighted by Crippen LogP contribution is -2.49. The lowest BCUT2D eigenvalue weighted by atomic mass is 9.77. The van der Waals surface area contributed by atoms with Gasteiger partial charge in [0.25, 0.3) is 5.92 Å². The SMILES string of the molecule is O=C(NCCC(F)(F)F)N1CCC(C(F)(F)[C@H](O)c2c3c(cc4cn[nH]c24)CC3)CC1. The first kappa shape index (κ1) is 21.8. The molecule has 1 aliphatic carbocycles. The van der Waals surface area contributed by atoms with Gasteiger partial charge in [0.05, 0.1) is 18.1 Å². The van der Waals surface area contributed by atoms with Gasteiger partial charge in [0.2, 0.25) is 0 Å². The lowest BCUT2D eigenvalue weighted by Gasteiger charge is -2.38. The van der Waals surface area contributed by atoms with Crippen molar-refractivity contribution in [3.63, 3.8) is 0 Å². The molecule has 1 aromatic heterocycles. The number of benzene rings is 1. The van der Waals surface area contributed by atoms with Crippen molar-refractivity contribution in [1.82, 2.24) is 20.4 Å². The maximum absolute atomic E-state index is 15.3. The van der Waals surface area contributed by atoms with Crippen LogP contribution in [-0.2, 0) is 12.8 Å². The van der Waals surface area contributed by atoms with Gasteiger partial charge in [0.1, 0.15) is 6.10 Å². The number of hydrogen-bond acceptors (Lipinski definition) is 3. The van der Waals surface area contributed by atoms with Gasteiger partial charge in [0.15, 0.2) is 0 Å². The normalized spacial score (nSPS) is 18.6. The number of aliphatic hydroxyl groups excluding tert-OH is 1. The molecule has 1 atom stereocenters. The van der Waals surface area contributed by atoms with E-state index < -0.39 is 43.1 Å². The van der Waals surface area contributed by atoms with Crippen LogP contribution >= 0.6 is 0 Å². The Morgan fingerprint density at radius 2 is 1.97 bits per heavy atom. The van der Waals surface area contributed by atoms with E-state index in [1.54, 1.807) is 0 Å². The van der Waals surface area contributed by atoms with Crippen LogP contribution in [0.2, 0.25) is 0 Å². The zero-order valence-electron chi connectivity index (χ0n) is 16.6. The Morgan fingerprint density at radius 3 is 2.58 bits per heavy atom. The van der Waals surface area contributed by atoms with Crippen LogP contribution in [0, 0.1) is 5.92 Å². The number of aromatic amines is 1. The van der Waals surface area contributed by atoms with Crippen molar-refractivity contribution in [3.8, 4) is 0 Å². The molecule has 2 heterocycles. The number of amides is 2. The van der Waals surface area contributed by atoms with Crippen LogP contribution in [-0.4, -0.2) is 58.0 Å².